The first kappa shape index (κ1) is 10.5. The second kappa shape index (κ2) is 4.00. The summed E-state index contributed by atoms with van der Waals surface area (Å²) >= 11 is 0. The number of amides is 1. The van der Waals surface area contributed by atoms with Crippen molar-refractivity contribution in [2.75, 3.05) is 0 Å². The molecule has 0 radical (unpaired) electrons. The van der Waals surface area contributed by atoms with E-state index in [0.717, 1.165) is 22.2 Å². The molecule has 88 valence electrons. The van der Waals surface area contributed by atoms with Gasteiger partial charge in [0.25, 0.3) is 0 Å². The first-order valence-corrected chi connectivity index (χ1v) is 5.58. The average molecular weight is 237 g/mol. The Morgan fingerprint density at radius 2 is 2.06 bits per heavy atom. The summed E-state index contributed by atoms with van der Waals surface area (Å²) < 4.78 is 0. The molecule has 2 heterocycles. The van der Waals surface area contributed by atoms with Gasteiger partial charge in [-0.25, -0.2) is 0 Å². The van der Waals surface area contributed by atoms with Crippen LogP contribution in [0.1, 0.15) is 10.4 Å². The molecule has 4 heteroatoms. The van der Waals surface area contributed by atoms with Crippen LogP contribution in [0, 0.1) is 0 Å². The van der Waals surface area contributed by atoms with E-state index in [4.69, 9.17) is 5.73 Å². The molecule has 0 unspecified atom stereocenters. The molecule has 0 aliphatic heterocycles. The van der Waals surface area contributed by atoms with E-state index < -0.39 is 5.91 Å². The van der Waals surface area contributed by atoms with E-state index in [0.29, 0.717) is 5.56 Å². The maximum Gasteiger partial charge on any atom is 0.248 e. The summed E-state index contributed by atoms with van der Waals surface area (Å²) in [5, 5.41) is 1.08. The number of nitrogens with two attached hydrogens (primary N) is 1. The number of para-hydroxylation sites is 1. The molecule has 3 aromatic rings. The van der Waals surface area contributed by atoms with Crippen molar-refractivity contribution in [1.82, 2.24) is 9.97 Å². The summed E-state index contributed by atoms with van der Waals surface area (Å²) in [5.74, 6) is -0.446. The van der Waals surface area contributed by atoms with Crippen molar-refractivity contribution in [2.24, 2.45) is 5.73 Å². The molecule has 0 aliphatic carbocycles. The van der Waals surface area contributed by atoms with Crippen molar-refractivity contribution in [2.45, 2.75) is 0 Å². The van der Waals surface area contributed by atoms with E-state index in [-0.39, 0.29) is 0 Å². The summed E-state index contributed by atoms with van der Waals surface area (Å²) in [6.45, 7) is 0. The van der Waals surface area contributed by atoms with Crippen molar-refractivity contribution in [3.63, 3.8) is 0 Å². The van der Waals surface area contributed by atoms with Gasteiger partial charge in [-0.2, -0.15) is 0 Å². The molecule has 0 saturated heterocycles. The lowest BCUT2D eigenvalue weighted by Gasteiger charge is -2.00. The molecule has 3 N–H and O–H groups in total. The highest BCUT2D eigenvalue weighted by Crippen LogP contribution is 2.27. The fourth-order valence-corrected chi connectivity index (χ4v) is 2.01. The van der Waals surface area contributed by atoms with Crippen LogP contribution in [0.25, 0.3) is 22.2 Å². The lowest BCUT2D eigenvalue weighted by Crippen LogP contribution is -2.10. The zero-order valence-electron chi connectivity index (χ0n) is 9.55. The number of hydrogen-bond donors (Lipinski definition) is 2. The maximum atomic E-state index is 11.2. The number of nitrogens with one attached hydrogen (secondary N) is 1. The number of hydrogen-bond acceptors (Lipinski definition) is 2. The summed E-state index contributed by atoms with van der Waals surface area (Å²) in [6, 6.07) is 11.3. The average Bonchev–Trinajstić information content (AvgIpc) is 2.82. The molecule has 0 aliphatic rings. The van der Waals surface area contributed by atoms with Crippen molar-refractivity contribution in [3.8, 4) is 11.3 Å². The third kappa shape index (κ3) is 1.64. The second-order valence-corrected chi connectivity index (χ2v) is 4.04. The Bertz CT molecular complexity index is 730. The van der Waals surface area contributed by atoms with Crippen LogP contribution >= 0.6 is 0 Å². The Balaban J connectivity index is 2.20. The Morgan fingerprint density at radius 1 is 1.22 bits per heavy atom. The van der Waals surface area contributed by atoms with E-state index in [1.54, 1.807) is 18.3 Å². The van der Waals surface area contributed by atoms with E-state index in [1.165, 1.54) is 0 Å². The summed E-state index contributed by atoms with van der Waals surface area (Å²) in [5.41, 5.74) is 8.48. The molecule has 1 amide bonds. The standard InChI is InChI=1S/C14H11N3O/c15-14(18)9-5-6-16-13(7-9)11-8-17-12-4-2-1-3-10(11)12/h1-8,17H,(H2,15,18). The minimum Gasteiger partial charge on any atom is -0.366 e. The smallest absolute Gasteiger partial charge is 0.248 e. The molecule has 18 heavy (non-hydrogen) atoms. The highest BCUT2D eigenvalue weighted by atomic mass is 16.1. The predicted molar refractivity (Wildman–Crippen MR) is 70.0 cm³/mol. The zero-order chi connectivity index (χ0) is 12.5. The first-order chi connectivity index (χ1) is 8.75. The van der Waals surface area contributed by atoms with Crippen LogP contribution in [-0.4, -0.2) is 15.9 Å². The molecule has 3 rings (SSSR count). The van der Waals surface area contributed by atoms with Crippen LogP contribution in [-0.2, 0) is 0 Å². The number of H-pyrrole nitrogens is 1. The van der Waals surface area contributed by atoms with Crippen LogP contribution in [0.15, 0.2) is 48.8 Å². The van der Waals surface area contributed by atoms with Crippen molar-refractivity contribution in [1.29, 1.82) is 0 Å². The van der Waals surface area contributed by atoms with Gasteiger partial charge in [0, 0.05) is 34.4 Å². The number of aromatic nitrogens is 2. The van der Waals surface area contributed by atoms with Gasteiger partial charge in [-0.05, 0) is 18.2 Å². The van der Waals surface area contributed by atoms with Gasteiger partial charge in [0.2, 0.25) is 5.91 Å². The third-order valence-electron chi connectivity index (χ3n) is 2.91. The number of carbonyl (C=O) groups is 1. The minimum atomic E-state index is -0.446. The second-order valence-electron chi connectivity index (χ2n) is 4.04. The SMILES string of the molecule is NC(=O)c1ccnc(-c2c[nH]c3ccccc23)c1. The lowest BCUT2D eigenvalue weighted by molar-refractivity contribution is 0.1000. The van der Waals surface area contributed by atoms with Gasteiger partial charge >= 0.3 is 0 Å². The number of primary amides is 1. The van der Waals surface area contributed by atoms with Crippen LogP contribution in [0.2, 0.25) is 0 Å². The highest BCUT2D eigenvalue weighted by Gasteiger charge is 2.08. The minimum absolute atomic E-state index is 0.446. The number of nitrogens with zero attached hydrogens (tertiary/aromatic N) is 1. The van der Waals surface area contributed by atoms with Gasteiger partial charge in [-0.1, -0.05) is 18.2 Å². The fraction of sp³-hybridized carbons (Fsp3) is 0. The van der Waals surface area contributed by atoms with Gasteiger partial charge < -0.3 is 10.7 Å². The van der Waals surface area contributed by atoms with Crippen LogP contribution in [0.3, 0.4) is 0 Å². The van der Waals surface area contributed by atoms with E-state index >= 15 is 0 Å². The van der Waals surface area contributed by atoms with Gasteiger partial charge in [0.1, 0.15) is 0 Å². The van der Waals surface area contributed by atoms with Crippen molar-refractivity contribution in [3.05, 3.63) is 54.4 Å². The number of benzene rings is 1. The largest absolute Gasteiger partial charge is 0.366 e. The van der Waals surface area contributed by atoms with Gasteiger partial charge in [0.15, 0.2) is 0 Å². The summed E-state index contributed by atoms with van der Waals surface area (Å²) in [7, 11) is 0. The monoisotopic (exact) mass is 237 g/mol. The normalized spacial score (nSPS) is 10.7. The van der Waals surface area contributed by atoms with E-state index in [2.05, 4.69) is 9.97 Å². The Morgan fingerprint density at radius 3 is 2.89 bits per heavy atom. The van der Waals surface area contributed by atoms with Gasteiger partial charge in [-0.3, -0.25) is 9.78 Å². The summed E-state index contributed by atoms with van der Waals surface area (Å²) in [6.07, 6.45) is 3.48. The third-order valence-corrected chi connectivity index (χ3v) is 2.91. The fourth-order valence-electron chi connectivity index (χ4n) is 2.01. The molecule has 4 nitrogen and oxygen atoms in total. The Labute approximate surface area is 103 Å². The molecule has 2 aromatic heterocycles. The first-order valence-electron chi connectivity index (χ1n) is 5.58. The number of aromatic amines is 1. The van der Waals surface area contributed by atoms with Gasteiger partial charge in [0.05, 0.1) is 5.69 Å². The molecule has 0 fully saturated rings. The zero-order valence-corrected chi connectivity index (χ0v) is 9.55. The van der Waals surface area contributed by atoms with Crippen LogP contribution in [0.4, 0.5) is 0 Å². The van der Waals surface area contributed by atoms with Crippen LogP contribution in [0.5, 0.6) is 0 Å². The summed E-state index contributed by atoms with van der Waals surface area (Å²) in [4.78, 5) is 18.6. The molecular formula is C14H11N3O. The number of carbonyl (C=O) groups excluding carboxylic acids is 1. The Kier molecular flexibility index (Phi) is 2.34. The predicted octanol–water partition coefficient (Wildman–Crippen LogP) is 2.33. The van der Waals surface area contributed by atoms with Gasteiger partial charge in [-0.15, -0.1) is 0 Å². The Hall–Kier alpha value is -2.62. The van der Waals surface area contributed by atoms with Crippen molar-refractivity contribution >= 4 is 16.8 Å². The topological polar surface area (TPSA) is 71.8 Å². The molecular weight excluding hydrogens is 226 g/mol. The lowest BCUT2D eigenvalue weighted by atomic mass is 10.1. The molecule has 0 bridgehead atoms. The number of rotatable bonds is 2. The quantitative estimate of drug-likeness (QED) is 0.718. The van der Waals surface area contributed by atoms with E-state index in [9.17, 15) is 4.79 Å². The maximum absolute atomic E-state index is 11.2. The van der Waals surface area contributed by atoms with Crippen LogP contribution < -0.4 is 5.73 Å². The highest BCUT2D eigenvalue weighted by molar-refractivity contribution is 5.97. The molecule has 1 aromatic carbocycles. The van der Waals surface area contributed by atoms with Crippen molar-refractivity contribution < 1.29 is 4.79 Å². The molecule has 0 saturated carbocycles. The number of fused-ring (bicyclic) bond motifs is 1. The number of pyridine rings is 1. The van der Waals surface area contributed by atoms with E-state index in [1.807, 2.05) is 30.5 Å². The molecule has 0 spiro atoms. The molecule has 0 atom stereocenters.